The first-order valence-electron chi connectivity index (χ1n) is 5.67. The fourth-order valence-corrected chi connectivity index (χ4v) is 1.30. The molecular weight excluding hydrogens is 208 g/mol. The minimum absolute atomic E-state index is 0.00683. The van der Waals surface area contributed by atoms with Crippen LogP contribution in [0, 0.1) is 11.8 Å². The van der Waals surface area contributed by atoms with Crippen molar-refractivity contribution in [2.75, 3.05) is 13.1 Å². The van der Waals surface area contributed by atoms with E-state index >= 15 is 0 Å². The Kier molecular flexibility index (Phi) is 7.54. The van der Waals surface area contributed by atoms with E-state index in [-0.39, 0.29) is 24.2 Å². The predicted molar refractivity (Wildman–Crippen MR) is 61.9 cm³/mol. The lowest BCUT2D eigenvalue weighted by Gasteiger charge is -2.14. The third-order valence-corrected chi connectivity index (χ3v) is 2.52. The standard InChI is InChI=1S/C11H22N2O3/c1-8(3-4-10(14)15)7-13-11(16)9(2)5-6-12/h8-9H,3-7,12H2,1-2H3,(H,13,16)(H,14,15). The van der Waals surface area contributed by atoms with Crippen molar-refractivity contribution in [1.82, 2.24) is 5.32 Å². The van der Waals surface area contributed by atoms with E-state index in [0.29, 0.717) is 25.9 Å². The summed E-state index contributed by atoms with van der Waals surface area (Å²) in [6.07, 6.45) is 1.41. The second kappa shape index (κ2) is 8.10. The molecule has 1 amide bonds. The van der Waals surface area contributed by atoms with Crippen LogP contribution in [-0.4, -0.2) is 30.1 Å². The highest BCUT2D eigenvalue weighted by Gasteiger charge is 2.13. The molecule has 4 N–H and O–H groups in total. The molecular formula is C11H22N2O3. The van der Waals surface area contributed by atoms with Gasteiger partial charge < -0.3 is 16.2 Å². The lowest BCUT2D eigenvalue weighted by Crippen LogP contribution is -2.33. The van der Waals surface area contributed by atoms with E-state index in [4.69, 9.17) is 10.8 Å². The second-order valence-corrected chi connectivity index (χ2v) is 4.26. The first kappa shape index (κ1) is 14.9. The van der Waals surface area contributed by atoms with Crippen LogP contribution in [0.1, 0.15) is 33.1 Å². The van der Waals surface area contributed by atoms with Gasteiger partial charge in [-0.2, -0.15) is 0 Å². The summed E-state index contributed by atoms with van der Waals surface area (Å²) in [6, 6.07) is 0. The van der Waals surface area contributed by atoms with Crippen molar-refractivity contribution >= 4 is 11.9 Å². The van der Waals surface area contributed by atoms with E-state index in [9.17, 15) is 9.59 Å². The smallest absolute Gasteiger partial charge is 0.303 e. The van der Waals surface area contributed by atoms with Gasteiger partial charge in [0.2, 0.25) is 5.91 Å². The maximum Gasteiger partial charge on any atom is 0.303 e. The van der Waals surface area contributed by atoms with Crippen molar-refractivity contribution in [3.05, 3.63) is 0 Å². The molecule has 5 heteroatoms. The Labute approximate surface area is 96.4 Å². The van der Waals surface area contributed by atoms with Crippen LogP contribution >= 0.6 is 0 Å². The molecule has 0 rings (SSSR count). The maximum absolute atomic E-state index is 11.5. The maximum atomic E-state index is 11.5. The molecule has 0 saturated carbocycles. The normalized spacial score (nSPS) is 14.2. The zero-order chi connectivity index (χ0) is 12.6. The topological polar surface area (TPSA) is 92.4 Å². The third kappa shape index (κ3) is 7.23. The SMILES string of the molecule is CC(CCC(=O)O)CNC(=O)C(C)CCN. The molecule has 0 bridgehead atoms. The van der Waals surface area contributed by atoms with Crippen molar-refractivity contribution in [3.8, 4) is 0 Å². The zero-order valence-electron chi connectivity index (χ0n) is 10.0. The third-order valence-electron chi connectivity index (χ3n) is 2.52. The number of carbonyl (C=O) groups is 2. The molecule has 0 aliphatic rings. The van der Waals surface area contributed by atoms with Crippen molar-refractivity contribution in [2.24, 2.45) is 17.6 Å². The van der Waals surface area contributed by atoms with Gasteiger partial charge >= 0.3 is 5.97 Å². The van der Waals surface area contributed by atoms with Gasteiger partial charge in [0.15, 0.2) is 0 Å². The van der Waals surface area contributed by atoms with Crippen LogP contribution in [0.5, 0.6) is 0 Å². The summed E-state index contributed by atoms with van der Waals surface area (Å²) >= 11 is 0. The van der Waals surface area contributed by atoms with Crippen molar-refractivity contribution in [3.63, 3.8) is 0 Å². The molecule has 16 heavy (non-hydrogen) atoms. The molecule has 0 aliphatic heterocycles. The monoisotopic (exact) mass is 230 g/mol. The van der Waals surface area contributed by atoms with E-state index in [1.807, 2.05) is 13.8 Å². The Morgan fingerprint density at radius 1 is 1.31 bits per heavy atom. The van der Waals surface area contributed by atoms with Crippen LogP contribution < -0.4 is 11.1 Å². The van der Waals surface area contributed by atoms with Crippen molar-refractivity contribution < 1.29 is 14.7 Å². The Hall–Kier alpha value is -1.10. The van der Waals surface area contributed by atoms with Crippen LogP contribution in [0.2, 0.25) is 0 Å². The van der Waals surface area contributed by atoms with Gasteiger partial charge in [-0.05, 0) is 25.3 Å². The van der Waals surface area contributed by atoms with Crippen LogP contribution in [-0.2, 0) is 9.59 Å². The number of carbonyl (C=O) groups excluding carboxylic acids is 1. The molecule has 94 valence electrons. The molecule has 2 atom stereocenters. The van der Waals surface area contributed by atoms with E-state index in [2.05, 4.69) is 5.32 Å². The minimum Gasteiger partial charge on any atom is -0.481 e. The number of carboxylic acid groups (broad SMARTS) is 1. The number of carboxylic acids is 1. The van der Waals surface area contributed by atoms with Gasteiger partial charge in [0.05, 0.1) is 0 Å². The summed E-state index contributed by atoms with van der Waals surface area (Å²) in [5.74, 6) is -0.691. The molecule has 0 heterocycles. The Morgan fingerprint density at radius 2 is 1.94 bits per heavy atom. The number of nitrogens with two attached hydrogens (primary N) is 1. The van der Waals surface area contributed by atoms with E-state index in [0.717, 1.165) is 0 Å². The fraction of sp³-hybridized carbons (Fsp3) is 0.818. The molecule has 0 aromatic carbocycles. The van der Waals surface area contributed by atoms with Crippen LogP contribution in [0.3, 0.4) is 0 Å². The molecule has 0 radical (unpaired) electrons. The minimum atomic E-state index is -0.797. The lowest BCUT2D eigenvalue weighted by molar-refractivity contribution is -0.137. The highest BCUT2D eigenvalue weighted by molar-refractivity contribution is 5.78. The van der Waals surface area contributed by atoms with E-state index in [1.165, 1.54) is 0 Å². The van der Waals surface area contributed by atoms with E-state index < -0.39 is 5.97 Å². The van der Waals surface area contributed by atoms with Gasteiger partial charge in [-0.15, -0.1) is 0 Å². The Balaban J connectivity index is 3.69. The predicted octanol–water partition coefficient (Wildman–Crippen LogP) is 0.588. The first-order chi connectivity index (χ1) is 7.47. The summed E-state index contributed by atoms with van der Waals surface area (Å²) < 4.78 is 0. The number of hydrogen-bond donors (Lipinski definition) is 3. The molecule has 0 aromatic rings. The average molecular weight is 230 g/mol. The van der Waals surface area contributed by atoms with Crippen LogP contribution in [0.25, 0.3) is 0 Å². The fourth-order valence-electron chi connectivity index (χ4n) is 1.30. The molecule has 0 aromatic heterocycles. The number of rotatable bonds is 8. The average Bonchev–Trinajstić information content (AvgIpc) is 2.23. The van der Waals surface area contributed by atoms with Gasteiger partial charge in [0.1, 0.15) is 0 Å². The van der Waals surface area contributed by atoms with Gasteiger partial charge in [0, 0.05) is 18.9 Å². The Bertz CT molecular complexity index is 231. The Morgan fingerprint density at radius 3 is 2.44 bits per heavy atom. The van der Waals surface area contributed by atoms with Crippen molar-refractivity contribution in [1.29, 1.82) is 0 Å². The van der Waals surface area contributed by atoms with Gasteiger partial charge in [0.25, 0.3) is 0 Å². The number of nitrogens with one attached hydrogen (secondary N) is 1. The molecule has 0 aliphatic carbocycles. The molecule has 0 saturated heterocycles. The second-order valence-electron chi connectivity index (χ2n) is 4.26. The van der Waals surface area contributed by atoms with Crippen LogP contribution in [0.15, 0.2) is 0 Å². The van der Waals surface area contributed by atoms with Gasteiger partial charge in [-0.25, -0.2) is 0 Å². The molecule has 2 unspecified atom stereocenters. The summed E-state index contributed by atoms with van der Waals surface area (Å²) in [6.45, 7) is 4.80. The van der Waals surface area contributed by atoms with Gasteiger partial charge in [-0.3, -0.25) is 9.59 Å². The highest BCUT2D eigenvalue weighted by atomic mass is 16.4. The summed E-state index contributed by atoms with van der Waals surface area (Å²) in [7, 11) is 0. The van der Waals surface area contributed by atoms with E-state index in [1.54, 1.807) is 0 Å². The zero-order valence-corrected chi connectivity index (χ0v) is 10.0. The quantitative estimate of drug-likeness (QED) is 0.569. The number of aliphatic carboxylic acids is 1. The van der Waals surface area contributed by atoms with Gasteiger partial charge in [-0.1, -0.05) is 13.8 Å². The first-order valence-corrected chi connectivity index (χ1v) is 5.67. The van der Waals surface area contributed by atoms with Crippen molar-refractivity contribution in [2.45, 2.75) is 33.1 Å². The summed E-state index contributed by atoms with van der Waals surface area (Å²) in [5.41, 5.74) is 5.36. The largest absolute Gasteiger partial charge is 0.481 e. The number of amides is 1. The highest BCUT2D eigenvalue weighted by Crippen LogP contribution is 2.05. The molecule has 0 spiro atoms. The molecule has 5 nitrogen and oxygen atoms in total. The summed E-state index contributed by atoms with van der Waals surface area (Å²) in [4.78, 5) is 21.8. The lowest BCUT2D eigenvalue weighted by atomic mass is 10.0. The molecule has 0 fully saturated rings. The number of hydrogen-bond acceptors (Lipinski definition) is 3. The summed E-state index contributed by atoms with van der Waals surface area (Å²) in [5, 5.41) is 11.3. The van der Waals surface area contributed by atoms with Crippen LogP contribution in [0.4, 0.5) is 0 Å².